The molecule has 6 aromatic carbocycles. The van der Waals surface area contributed by atoms with Gasteiger partial charge in [0.1, 0.15) is 0 Å². The molecule has 0 unspecified atom stereocenters. The molecule has 4 heterocycles. The summed E-state index contributed by atoms with van der Waals surface area (Å²) in [5.74, 6) is 0.704. The van der Waals surface area contributed by atoms with E-state index in [1.165, 1.54) is 57.3 Å². The van der Waals surface area contributed by atoms with Crippen molar-refractivity contribution in [3.63, 3.8) is 0 Å². The summed E-state index contributed by atoms with van der Waals surface area (Å²) in [7, 11) is 0. The monoisotopic (exact) mass is 583 g/mol. The Balaban J connectivity index is 1.46. The maximum Gasteiger partial charge on any atom is 0.235 e. The van der Waals surface area contributed by atoms with Crippen LogP contribution in [0.4, 0.5) is 0 Å². The molecule has 0 radical (unpaired) electrons. The van der Waals surface area contributed by atoms with Crippen LogP contribution in [0.2, 0.25) is 0 Å². The van der Waals surface area contributed by atoms with Gasteiger partial charge < -0.3 is 0 Å². The van der Waals surface area contributed by atoms with Gasteiger partial charge in [0.25, 0.3) is 0 Å². The number of hydrogen-bond donors (Lipinski definition) is 0. The van der Waals surface area contributed by atoms with Gasteiger partial charge in [-0.2, -0.15) is 0 Å². The SMILES string of the molecule is c1ccc(-c2nc(-n3c4ccccc4c4c5ccccc5c5c6ccccc6sc5c43)nc3c2sc2ccccc23)cc1. The molecule has 0 amide bonds. The molecule has 0 fully saturated rings. The van der Waals surface area contributed by atoms with E-state index in [4.69, 9.17) is 9.97 Å². The van der Waals surface area contributed by atoms with Gasteiger partial charge in [-0.1, -0.05) is 109 Å². The molecule has 200 valence electrons. The second-order valence-corrected chi connectivity index (χ2v) is 13.0. The standard InChI is InChI=1S/C38H21N3S2/c1-2-12-22(13-3-1)33-37-34(27-18-8-11-21-30(27)43-37)40-38(39-33)41-28-19-9-6-16-25(28)31-23-14-4-5-15-24(23)32-26-17-7-10-20-29(26)42-36(32)35(31)41/h1-21H. The number of nitrogens with zero attached hydrogens (tertiary/aromatic N) is 3. The highest BCUT2D eigenvalue weighted by atomic mass is 32.1. The Labute approximate surface area is 253 Å². The second-order valence-electron chi connectivity index (χ2n) is 10.9. The minimum atomic E-state index is 0.704. The van der Waals surface area contributed by atoms with E-state index in [9.17, 15) is 0 Å². The summed E-state index contributed by atoms with van der Waals surface area (Å²) in [5, 5.41) is 8.78. The third kappa shape index (κ3) is 3.18. The first-order valence-electron chi connectivity index (χ1n) is 14.4. The van der Waals surface area contributed by atoms with E-state index < -0.39 is 0 Å². The van der Waals surface area contributed by atoms with Crippen molar-refractivity contribution in [2.24, 2.45) is 0 Å². The quantitative estimate of drug-likeness (QED) is 0.203. The van der Waals surface area contributed by atoms with Crippen LogP contribution < -0.4 is 0 Å². The van der Waals surface area contributed by atoms with Crippen LogP contribution in [0, 0.1) is 0 Å². The number of aromatic nitrogens is 3. The van der Waals surface area contributed by atoms with Gasteiger partial charge in [0.05, 0.1) is 31.6 Å². The fraction of sp³-hybridized carbons (Fsp3) is 0. The average Bonchev–Trinajstić information content (AvgIpc) is 3.75. The summed E-state index contributed by atoms with van der Waals surface area (Å²) >= 11 is 3.64. The molecule has 43 heavy (non-hydrogen) atoms. The van der Waals surface area contributed by atoms with Gasteiger partial charge in [0, 0.05) is 41.9 Å². The van der Waals surface area contributed by atoms with Crippen molar-refractivity contribution in [3.8, 4) is 17.2 Å². The summed E-state index contributed by atoms with van der Waals surface area (Å²) in [6.45, 7) is 0. The van der Waals surface area contributed by atoms with Crippen LogP contribution in [0.1, 0.15) is 0 Å². The Hall–Kier alpha value is -5.10. The van der Waals surface area contributed by atoms with Crippen molar-refractivity contribution < 1.29 is 0 Å². The number of benzene rings is 6. The van der Waals surface area contributed by atoms with E-state index in [2.05, 4.69) is 132 Å². The molecule has 0 saturated carbocycles. The number of para-hydroxylation sites is 1. The molecule has 4 aromatic heterocycles. The maximum atomic E-state index is 5.42. The lowest BCUT2D eigenvalue weighted by atomic mass is 9.99. The number of rotatable bonds is 2. The van der Waals surface area contributed by atoms with E-state index in [0.717, 1.165) is 27.0 Å². The van der Waals surface area contributed by atoms with Crippen molar-refractivity contribution in [1.29, 1.82) is 0 Å². The fourth-order valence-corrected chi connectivity index (χ4v) is 9.22. The molecule has 0 aliphatic rings. The summed E-state index contributed by atoms with van der Waals surface area (Å²) in [6, 6.07) is 45.5. The summed E-state index contributed by atoms with van der Waals surface area (Å²) in [5.41, 5.74) is 5.37. The number of thiophene rings is 2. The molecule has 10 rings (SSSR count). The molecule has 0 aliphatic heterocycles. The van der Waals surface area contributed by atoms with Gasteiger partial charge in [-0.05, 0) is 29.0 Å². The minimum Gasteiger partial charge on any atom is -0.276 e. The zero-order chi connectivity index (χ0) is 28.1. The molecule has 0 bridgehead atoms. The van der Waals surface area contributed by atoms with Gasteiger partial charge >= 0.3 is 0 Å². The van der Waals surface area contributed by atoms with E-state index in [1.807, 2.05) is 11.3 Å². The van der Waals surface area contributed by atoms with E-state index in [0.29, 0.717) is 5.95 Å². The molecule has 5 heteroatoms. The summed E-state index contributed by atoms with van der Waals surface area (Å²) < 4.78 is 7.23. The van der Waals surface area contributed by atoms with Crippen LogP contribution in [0.5, 0.6) is 0 Å². The minimum absolute atomic E-state index is 0.704. The smallest absolute Gasteiger partial charge is 0.235 e. The van der Waals surface area contributed by atoms with Crippen molar-refractivity contribution in [3.05, 3.63) is 127 Å². The van der Waals surface area contributed by atoms with Crippen LogP contribution >= 0.6 is 22.7 Å². The predicted molar refractivity (Wildman–Crippen MR) is 185 cm³/mol. The molecular formula is C38H21N3S2. The Morgan fingerprint density at radius 2 is 1.05 bits per heavy atom. The van der Waals surface area contributed by atoms with Crippen molar-refractivity contribution in [2.45, 2.75) is 0 Å². The average molecular weight is 584 g/mol. The van der Waals surface area contributed by atoms with Gasteiger partial charge in [-0.25, -0.2) is 9.97 Å². The molecule has 0 saturated heterocycles. The van der Waals surface area contributed by atoms with Gasteiger partial charge in [0.15, 0.2) is 0 Å². The highest BCUT2D eigenvalue weighted by Crippen LogP contribution is 2.48. The molecule has 10 aromatic rings. The Morgan fingerprint density at radius 3 is 1.84 bits per heavy atom. The number of fused-ring (bicyclic) bond motifs is 13. The van der Waals surface area contributed by atoms with Crippen LogP contribution in [0.15, 0.2) is 127 Å². The topological polar surface area (TPSA) is 30.7 Å². The zero-order valence-electron chi connectivity index (χ0n) is 22.8. The van der Waals surface area contributed by atoms with Crippen molar-refractivity contribution in [2.75, 3.05) is 0 Å². The first kappa shape index (κ1) is 23.5. The Morgan fingerprint density at radius 1 is 0.465 bits per heavy atom. The summed E-state index contributed by atoms with van der Waals surface area (Å²) in [6.07, 6.45) is 0. The Kier molecular flexibility index (Phi) is 4.75. The molecule has 0 spiro atoms. The highest BCUT2D eigenvalue weighted by molar-refractivity contribution is 7.27. The lowest BCUT2D eigenvalue weighted by Crippen LogP contribution is -2.02. The first-order valence-corrected chi connectivity index (χ1v) is 16.0. The number of hydrogen-bond acceptors (Lipinski definition) is 4. The highest BCUT2D eigenvalue weighted by Gasteiger charge is 2.24. The maximum absolute atomic E-state index is 5.42. The van der Waals surface area contributed by atoms with Gasteiger partial charge in [0.2, 0.25) is 5.95 Å². The van der Waals surface area contributed by atoms with Gasteiger partial charge in [-0.15, -0.1) is 22.7 Å². The lowest BCUT2D eigenvalue weighted by molar-refractivity contribution is 1.02. The van der Waals surface area contributed by atoms with E-state index in [-0.39, 0.29) is 0 Å². The largest absolute Gasteiger partial charge is 0.276 e. The Bertz CT molecular complexity index is 2730. The van der Waals surface area contributed by atoms with E-state index >= 15 is 0 Å². The van der Waals surface area contributed by atoms with Crippen LogP contribution in [-0.4, -0.2) is 14.5 Å². The molecular weight excluding hydrogens is 563 g/mol. The predicted octanol–water partition coefficient (Wildman–Crippen LogP) is 11.1. The molecule has 0 atom stereocenters. The molecule has 3 nitrogen and oxygen atoms in total. The van der Waals surface area contributed by atoms with Crippen molar-refractivity contribution in [1.82, 2.24) is 14.5 Å². The second kappa shape index (κ2) is 8.71. The van der Waals surface area contributed by atoms with Crippen LogP contribution in [-0.2, 0) is 0 Å². The lowest BCUT2D eigenvalue weighted by Gasteiger charge is -2.11. The first-order chi connectivity index (χ1) is 21.3. The molecule has 0 N–H and O–H groups in total. The zero-order valence-corrected chi connectivity index (χ0v) is 24.4. The van der Waals surface area contributed by atoms with E-state index in [1.54, 1.807) is 11.3 Å². The van der Waals surface area contributed by atoms with Crippen LogP contribution in [0.25, 0.3) is 90.3 Å². The molecule has 0 aliphatic carbocycles. The normalized spacial score (nSPS) is 12.2. The van der Waals surface area contributed by atoms with Crippen molar-refractivity contribution >= 4 is 95.7 Å². The summed E-state index contributed by atoms with van der Waals surface area (Å²) in [4.78, 5) is 10.8. The fourth-order valence-electron chi connectivity index (χ4n) is 6.80. The third-order valence-corrected chi connectivity index (χ3v) is 11.0. The third-order valence-electron chi connectivity index (χ3n) is 8.61. The van der Waals surface area contributed by atoms with Crippen LogP contribution in [0.3, 0.4) is 0 Å². The van der Waals surface area contributed by atoms with Gasteiger partial charge in [-0.3, -0.25) is 4.57 Å².